The Morgan fingerprint density at radius 1 is 1.00 bits per heavy atom. The van der Waals surface area contributed by atoms with E-state index in [1.165, 1.54) is 0 Å². The summed E-state index contributed by atoms with van der Waals surface area (Å²) in [6, 6.07) is 13.6. The maximum atomic E-state index is 5.73. The maximum absolute atomic E-state index is 5.73. The Balaban J connectivity index is 1.88. The number of ether oxygens (including phenoxy) is 2. The van der Waals surface area contributed by atoms with Crippen LogP contribution in [0.2, 0.25) is 0 Å². The highest BCUT2D eigenvalue weighted by Gasteiger charge is 2.00. The Kier molecular flexibility index (Phi) is 6.03. The van der Waals surface area contributed by atoms with Crippen molar-refractivity contribution in [3.63, 3.8) is 0 Å². The number of rotatable bonds is 8. The molecule has 4 nitrogen and oxygen atoms in total. The summed E-state index contributed by atoms with van der Waals surface area (Å²) < 4.78 is 10.9. The zero-order valence-corrected chi connectivity index (χ0v) is 12.6. The quantitative estimate of drug-likeness (QED) is 0.757. The van der Waals surface area contributed by atoms with Crippen molar-refractivity contribution in [3.8, 4) is 11.5 Å². The van der Waals surface area contributed by atoms with Crippen LogP contribution < -0.4 is 14.8 Å². The minimum Gasteiger partial charge on any atom is -0.497 e. The molecule has 1 aromatic carbocycles. The zero-order chi connectivity index (χ0) is 14.9. The molecule has 0 atom stereocenters. The lowest BCUT2D eigenvalue weighted by Crippen LogP contribution is -2.15. The van der Waals surface area contributed by atoms with Gasteiger partial charge in [0.15, 0.2) is 0 Å². The Labute approximate surface area is 126 Å². The fraction of sp³-hybridized carbons (Fsp3) is 0.353. The van der Waals surface area contributed by atoms with Gasteiger partial charge in [0.25, 0.3) is 0 Å². The first-order valence-electron chi connectivity index (χ1n) is 7.24. The van der Waals surface area contributed by atoms with Crippen LogP contribution in [0.5, 0.6) is 11.5 Å². The molecule has 4 heteroatoms. The molecule has 0 radical (unpaired) electrons. The van der Waals surface area contributed by atoms with E-state index in [0.29, 0.717) is 6.61 Å². The average Bonchev–Trinajstić information content (AvgIpc) is 2.54. The predicted molar refractivity (Wildman–Crippen MR) is 83.6 cm³/mol. The SMILES string of the molecule is CCCNCc1cccc(COc2ccc(OC)cc2)n1. The second-order valence-corrected chi connectivity index (χ2v) is 4.76. The summed E-state index contributed by atoms with van der Waals surface area (Å²) in [6.07, 6.45) is 1.13. The first-order chi connectivity index (χ1) is 10.3. The molecule has 0 aliphatic heterocycles. The van der Waals surface area contributed by atoms with Crippen LogP contribution in [-0.2, 0) is 13.2 Å². The molecule has 0 saturated heterocycles. The molecule has 2 rings (SSSR count). The van der Waals surface area contributed by atoms with Gasteiger partial charge in [0.05, 0.1) is 18.5 Å². The van der Waals surface area contributed by atoms with Crippen LogP contribution in [-0.4, -0.2) is 18.6 Å². The van der Waals surface area contributed by atoms with Gasteiger partial charge in [-0.1, -0.05) is 13.0 Å². The third kappa shape index (κ3) is 5.08. The van der Waals surface area contributed by atoms with Gasteiger partial charge >= 0.3 is 0 Å². The van der Waals surface area contributed by atoms with E-state index in [1.54, 1.807) is 7.11 Å². The van der Waals surface area contributed by atoms with E-state index in [-0.39, 0.29) is 0 Å². The normalized spacial score (nSPS) is 10.4. The Morgan fingerprint density at radius 3 is 2.43 bits per heavy atom. The number of hydrogen-bond donors (Lipinski definition) is 1. The third-order valence-corrected chi connectivity index (χ3v) is 3.04. The summed E-state index contributed by atoms with van der Waals surface area (Å²) >= 11 is 0. The smallest absolute Gasteiger partial charge is 0.130 e. The highest BCUT2D eigenvalue weighted by Crippen LogP contribution is 2.17. The molecule has 0 saturated carbocycles. The molecule has 0 aliphatic carbocycles. The van der Waals surface area contributed by atoms with Crippen molar-refractivity contribution in [1.29, 1.82) is 0 Å². The van der Waals surface area contributed by atoms with E-state index >= 15 is 0 Å². The van der Waals surface area contributed by atoms with Crippen molar-refractivity contribution >= 4 is 0 Å². The highest BCUT2D eigenvalue weighted by molar-refractivity contribution is 5.31. The second kappa shape index (κ2) is 8.27. The van der Waals surface area contributed by atoms with Crippen molar-refractivity contribution in [3.05, 3.63) is 53.9 Å². The zero-order valence-electron chi connectivity index (χ0n) is 12.6. The molecule has 0 amide bonds. The average molecular weight is 286 g/mol. The third-order valence-electron chi connectivity index (χ3n) is 3.04. The van der Waals surface area contributed by atoms with Gasteiger partial charge in [-0.25, -0.2) is 0 Å². The van der Waals surface area contributed by atoms with Crippen LogP contribution in [0.3, 0.4) is 0 Å². The van der Waals surface area contributed by atoms with Crippen molar-refractivity contribution < 1.29 is 9.47 Å². The fourth-order valence-corrected chi connectivity index (χ4v) is 1.93. The van der Waals surface area contributed by atoms with Crippen LogP contribution in [0.15, 0.2) is 42.5 Å². The molecule has 1 N–H and O–H groups in total. The van der Waals surface area contributed by atoms with Gasteiger partial charge in [-0.05, 0) is 49.4 Å². The number of pyridine rings is 1. The van der Waals surface area contributed by atoms with Gasteiger partial charge in [-0.15, -0.1) is 0 Å². The standard InChI is InChI=1S/C17H22N2O2/c1-3-11-18-12-14-5-4-6-15(19-14)13-21-17-9-7-16(20-2)8-10-17/h4-10,18H,3,11-13H2,1-2H3. The summed E-state index contributed by atoms with van der Waals surface area (Å²) in [5, 5.41) is 3.35. The van der Waals surface area contributed by atoms with E-state index in [4.69, 9.17) is 9.47 Å². The lowest BCUT2D eigenvalue weighted by atomic mass is 10.3. The van der Waals surface area contributed by atoms with Crippen LogP contribution in [0, 0.1) is 0 Å². The molecule has 1 aromatic heterocycles. The van der Waals surface area contributed by atoms with E-state index in [9.17, 15) is 0 Å². The van der Waals surface area contributed by atoms with Gasteiger partial charge in [0.1, 0.15) is 18.1 Å². The number of aromatic nitrogens is 1. The Hall–Kier alpha value is -2.07. The van der Waals surface area contributed by atoms with Crippen molar-refractivity contribution in [2.45, 2.75) is 26.5 Å². The molecule has 2 aromatic rings. The highest BCUT2D eigenvalue weighted by atomic mass is 16.5. The summed E-state index contributed by atoms with van der Waals surface area (Å²) in [7, 11) is 1.65. The summed E-state index contributed by atoms with van der Waals surface area (Å²) in [6.45, 7) is 4.42. The second-order valence-electron chi connectivity index (χ2n) is 4.76. The van der Waals surface area contributed by atoms with E-state index < -0.39 is 0 Å². The summed E-state index contributed by atoms with van der Waals surface area (Å²) in [4.78, 5) is 4.58. The lowest BCUT2D eigenvalue weighted by Gasteiger charge is -2.08. The molecule has 1 heterocycles. The van der Waals surface area contributed by atoms with Crippen molar-refractivity contribution in [2.75, 3.05) is 13.7 Å². The predicted octanol–water partition coefficient (Wildman–Crippen LogP) is 3.17. The molecule has 0 unspecified atom stereocenters. The summed E-state index contributed by atoms with van der Waals surface area (Å²) in [5.74, 6) is 1.64. The molecule has 112 valence electrons. The molecule has 0 spiro atoms. The number of benzene rings is 1. The number of methoxy groups -OCH3 is 1. The lowest BCUT2D eigenvalue weighted by molar-refractivity contribution is 0.300. The molecule has 0 fully saturated rings. The van der Waals surface area contributed by atoms with E-state index in [2.05, 4.69) is 17.2 Å². The minimum absolute atomic E-state index is 0.466. The fourth-order valence-electron chi connectivity index (χ4n) is 1.93. The van der Waals surface area contributed by atoms with Gasteiger partial charge in [-0.2, -0.15) is 0 Å². The van der Waals surface area contributed by atoms with Crippen molar-refractivity contribution in [2.24, 2.45) is 0 Å². The van der Waals surface area contributed by atoms with Crippen LogP contribution in [0.25, 0.3) is 0 Å². The first kappa shape index (κ1) is 15.3. The maximum Gasteiger partial charge on any atom is 0.130 e. The minimum atomic E-state index is 0.466. The molecular formula is C17H22N2O2. The Morgan fingerprint density at radius 2 is 1.71 bits per heavy atom. The first-order valence-corrected chi connectivity index (χ1v) is 7.24. The van der Waals surface area contributed by atoms with Gasteiger partial charge in [0, 0.05) is 6.54 Å². The molecule has 0 aliphatic rings. The number of nitrogens with zero attached hydrogens (tertiary/aromatic N) is 1. The van der Waals surface area contributed by atoms with Crippen LogP contribution >= 0.6 is 0 Å². The number of nitrogens with one attached hydrogen (secondary N) is 1. The van der Waals surface area contributed by atoms with Crippen molar-refractivity contribution in [1.82, 2.24) is 10.3 Å². The van der Waals surface area contributed by atoms with Crippen LogP contribution in [0.4, 0.5) is 0 Å². The number of hydrogen-bond acceptors (Lipinski definition) is 4. The van der Waals surface area contributed by atoms with Gasteiger partial charge < -0.3 is 14.8 Å². The molecule has 21 heavy (non-hydrogen) atoms. The monoisotopic (exact) mass is 286 g/mol. The topological polar surface area (TPSA) is 43.4 Å². The summed E-state index contributed by atoms with van der Waals surface area (Å²) in [5.41, 5.74) is 1.97. The van der Waals surface area contributed by atoms with E-state index in [1.807, 2.05) is 42.5 Å². The molecule has 0 bridgehead atoms. The Bertz CT molecular complexity index is 541. The van der Waals surface area contributed by atoms with Gasteiger partial charge in [-0.3, -0.25) is 4.98 Å². The van der Waals surface area contributed by atoms with Crippen LogP contribution in [0.1, 0.15) is 24.7 Å². The molecular weight excluding hydrogens is 264 g/mol. The van der Waals surface area contributed by atoms with Gasteiger partial charge in [0.2, 0.25) is 0 Å². The largest absolute Gasteiger partial charge is 0.497 e. The van der Waals surface area contributed by atoms with E-state index in [0.717, 1.165) is 42.4 Å².